The molecule has 22 heavy (non-hydrogen) atoms. The lowest BCUT2D eigenvalue weighted by molar-refractivity contribution is 0.263. The lowest BCUT2D eigenvalue weighted by atomic mass is 10.1. The van der Waals surface area contributed by atoms with Crippen LogP contribution in [0.4, 0.5) is 0 Å². The van der Waals surface area contributed by atoms with Gasteiger partial charge in [-0.2, -0.15) is 0 Å². The Morgan fingerprint density at radius 1 is 1.50 bits per heavy atom. The van der Waals surface area contributed by atoms with Crippen molar-refractivity contribution in [3.63, 3.8) is 0 Å². The van der Waals surface area contributed by atoms with Gasteiger partial charge in [-0.25, -0.2) is 0 Å². The first kappa shape index (κ1) is 14.2. The smallest absolute Gasteiger partial charge is 0.118 e. The highest BCUT2D eigenvalue weighted by atomic mass is 16.5. The molecule has 0 saturated carbocycles. The molecule has 0 fully saturated rings. The minimum atomic E-state index is 0.381. The molecule has 0 unspecified atom stereocenters. The highest BCUT2D eigenvalue weighted by Gasteiger charge is 2.24. The van der Waals surface area contributed by atoms with Crippen LogP contribution < -0.4 is 0 Å². The van der Waals surface area contributed by atoms with Crippen LogP contribution in [0.15, 0.2) is 77.9 Å². The summed E-state index contributed by atoms with van der Waals surface area (Å²) < 4.78 is 5.48. The zero-order chi connectivity index (χ0) is 15.5. The Bertz CT molecular complexity index is 700. The van der Waals surface area contributed by atoms with E-state index >= 15 is 0 Å². The monoisotopic (exact) mass is 293 g/mol. The van der Waals surface area contributed by atoms with Gasteiger partial charge in [0.05, 0.1) is 17.7 Å². The summed E-state index contributed by atoms with van der Waals surface area (Å²) in [6, 6.07) is 0. The second kappa shape index (κ2) is 5.96. The van der Waals surface area contributed by atoms with Crippen LogP contribution in [-0.4, -0.2) is 28.7 Å². The highest BCUT2D eigenvalue weighted by Crippen LogP contribution is 2.29. The van der Waals surface area contributed by atoms with Crippen molar-refractivity contribution in [2.75, 3.05) is 13.2 Å². The van der Waals surface area contributed by atoms with Crippen molar-refractivity contribution in [3.05, 3.63) is 77.9 Å². The molecule has 3 aliphatic rings. The lowest BCUT2D eigenvalue weighted by Gasteiger charge is -2.28. The molecule has 0 aromatic carbocycles. The number of fused-ring (bicyclic) bond motifs is 1. The van der Waals surface area contributed by atoms with Gasteiger partial charge in [-0.3, -0.25) is 4.90 Å². The first-order valence-corrected chi connectivity index (χ1v) is 7.35. The van der Waals surface area contributed by atoms with Crippen LogP contribution in [0.25, 0.3) is 0 Å². The van der Waals surface area contributed by atoms with E-state index in [1.807, 2.05) is 12.2 Å². The van der Waals surface area contributed by atoms with E-state index in [0.29, 0.717) is 12.3 Å². The van der Waals surface area contributed by atoms with Crippen LogP contribution in [0.5, 0.6) is 0 Å². The van der Waals surface area contributed by atoms with Crippen molar-refractivity contribution in [1.29, 1.82) is 5.41 Å². The molecule has 0 radical (unpaired) electrons. The van der Waals surface area contributed by atoms with E-state index < -0.39 is 0 Å². The number of nitrogens with one attached hydrogen (secondary N) is 1. The number of hydrogen-bond donors (Lipinski definition) is 1. The fourth-order valence-corrected chi connectivity index (χ4v) is 2.63. The molecule has 112 valence electrons. The number of hydrogen-bond acceptors (Lipinski definition) is 4. The quantitative estimate of drug-likeness (QED) is 0.623. The fourth-order valence-electron chi connectivity index (χ4n) is 2.63. The summed E-state index contributed by atoms with van der Waals surface area (Å²) in [5, 5.41) is 7.83. The summed E-state index contributed by atoms with van der Waals surface area (Å²) in [5.74, 6) is 1.13. The summed E-state index contributed by atoms with van der Waals surface area (Å²) in [7, 11) is 0. The van der Waals surface area contributed by atoms with Gasteiger partial charge in [-0.05, 0) is 36.3 Å². The zero-order valence-electron chi connectivity index (χ0n) is 12.7. The molecule has 3 rings (SSSR count). The second-order valence-corrected chi connectivity index (χ2v) is 5.24. The van der Waals surface area contributed by atoms with Gasteiger partial charge in [-0.15, -0.1) is 0 Å². The average molecular weight is 293 g/mol. The largest absolute Gasteiger partial charge is 0.496 e. The van der Waals surface area contributed by atoms with Crippen LogP contribution in [0.2, 0.25) is 0 Å². The van der Waals surface area contributed by atoms with Crippen molar-refractivity contribution in [3.8, 4) is 0 Å². The molecule has 0 aromatic heterocycles. The van der Waals surface area contributed by atoms with Crippen LogP contribution in [0.1, 0.15) is 13.3 Å². The Morgan fingerprint density at radius 3 is 3.14 bits per heavy atom. The Labute approximate surface area is 130 Å². The molecule has 0 atom stereocenters. The first-order valence-electron chi connectivity index (χ1n) is 7.35. The first-order chi connectivity index (χ1) is 10.7. The number of ether oxygens (including phenoxy) is 1. The summed E-state index contributed by atoms with van der Waals surface area (Å²) in [6.45, 7) is 7.06. The topological polar surface area (TPSA) is 39.6 Å². The van der Waals surface area contributed by atoms with Gasteiger partial charge < -0.3 is 15.0 Å². The second-order valence-electron chi connectivity index (χ2n) is 5.24. The SMILES string of the molecule is C=CC(=N)C1=COCC(CN2C=CN3C(CC)=C=CC=C23)=C1. The predicted octanol–water partition coefficient (Wildman–Crippen LogP) is 3.43. The van der Waals surface area contributed by atoms with E-state index in [1.165, 1.54) is 11.8 Å². The standard InChI is InChI=1S/C18H19N3O/c1-3-16-6-5-7-18-20(8-9-21(16)18)11-14-10-15(13-22-12-14)17(19)4-2/h4-5,7-10,13,19H,2-3,11-12H2,1H3. The third-order valence-corrected chi connectivity index (χ3v) is 3.77. The summed E-state index contributed by atoms with van der Waals surface area (Å²) in [6.07, 6.45) is 14.3. The maximum atomic E-state index is 7.83. The number of rotatable bonds is 5. The van der Waals surface area contributed by atoms with Gasteiger partial charge in [0, 0.05) is 24.5 Å². The molecule has 1 N–H and O–H groups in total. The number of allylic oxidation sites excluding steroid dienone is 5. The molecule has 0 aromatic rings. The molecular weight excluding hydrogens is 274 g/mol. The average Bonchev–Trinajstić information content (AvgIpc) is 2.97. The van der Waals surface area contributed by atoms with Crippen molar-refractivity contribution < 1.29 is 4.74 Å². The molecule has 0 bridgehead atoms. The third kappa shape index (κ3) is 2.57. The maximum Gasteiger partial charge on any atom is 0.118 e. The van der Waals surface area contributed by atoms with Gasteiger partial charge >= 0.3 is 0 Å². The van der Waals surface area contributed by atoms with Crippen molar-refractivity contribution in [2.24, 2.45) is 0 Å². The zero-order valence-corrected chi connectivity index (χ0v) is 12.7. The van der Waals surface area contributed by atoms with E-state index in [9.17, 15) is 0 Å². The normalized spacial score (nSPS) is 19.0. The molecule has 3 aliphatic heterocycles. The van der Waals surface area contributed by atoms with Gasteiger partial charge in [-0.1, -0.05) is 19.2 Å². The Kier molecular flexibility index (Phi) is 3.86. The minimum absolute atomic E-state index is 0.381. The van der Waals surface area contributed by atoms with Crippen molar-refractivity contribution >= 4 is 5.71 Å². The van der Waals surface area contributed by atoms with Crippen LogP contribution in [-0.2, 0) is 4.74 Å². The number of nitrogens with zero attached hydrogens (tertiary/aromatic N) is 2. The fraction of sp³-hybridized carbons (Fsp3) is 0.222. The Hall–Kier alpha value is -2.71. The predicted molar refractivity (Wildman–Crippen MR) is 87.7 cm³/mol. The van der Waals surface area contributed by atoms with Crippen molar-refractivity contribution in [1.82, 2.24) is 9.80 Å². The van der Waals surface area contributed by atoms with Crippen molar-refractivity contribution in [2.45, 2.75) is 13.3 Å². The Morgan fingerprint density at radius 2 is 2.36 bits per heavy atom. The summed E-state index contributed by atoms with van der Waals surface area (Å²) in [4.78, 5) is 4.34. The van der Waals surface area contributed by atoms with Crippen LogP contribution >= 0.6 is 0 Å². The molecule has 0 spiro atoms. The Balaban J connectivity index is 1.75. The molecule has 4 nitrogen and oxygen atoms in total. The molecular formula is C18H19N3O. The third-order valence-electron chi connectivity index (χ3n) is 3.77. The van der Waals surface area contributed by atoms with Crippen LogP contribution in [0.3, 0.4) is 0 Å². The van der Waals surface area contributed by atoms with E-state index in [2.05, 4.69) is 47.5 Å². The van der Waals surface area contributed by atoms with Gasteiger partial charge in [0.15, 0.2) is 0 Å². The molecule has 0 aliphatic carbocycles. The van der Waals surface area contributed by atoms with Gasteiger partial charge in [0.2, 0.25) is 0 Å². The highest BCUT2D eigenvalue weighted by molar-refractivity contribution is 6.07. The molecule has 3 heterocycles. The minimum Gasteiger partial charge on any atom is -0.496 e. The summed E-state index contributed by atoms with van der Waals surface area (Å²) >= 11 is 0. The van der Waals surface area contributed by atoms with E-state index in [-0.39, 0.29) is 0 Å². The van der Waals surface area contributed by atoms with Gasteiger partial charge in [0.1, 0.15) is 12.4 Å². The van der Waals surface area contributed by atoms with E-state index in [1.54, 1.807) is 6.26 Å². The van der Waals surface area contributed by atoms with E-state index in [0.717, 1.165) is 29.9 Å². The lowest BCUT2D eigenvalue weighted by Crippen LogP contribution is -2.26. The maximum absolute atomic E-state index is 7.83. The summed E-state index contributed by atoms with van der Waals surface area (Å²) in [5.41, 5.74) is 6.72. The van der Waals surface area contributed by atoms with Gasteiger partial charge in [0.25, 0.3) is 0 Å². The van der Waals surface area contributed by atoms with Crippen LogP contribution in [0, 0.1) is 5.41 Å². The van der Waals surface area contributed by atoms with E-state index in [4.69, 9.17) is 10.1 Å². The molecule has 0 amide bonds. The molecule has 4 heteroatoms. The molecule has 0 saturated heterocycles.